The minimum Gasteiger partial charge on any atom is -0.508 e. The largest absolute Gasteiger partial charge is 0.508 e. The number of phenolic OH excluding ortho intramolecular Hbond substituents is 1. The maximum Gasteiger partial charge on any atom is 0.163 e. The summed E-state index contributed by atoms with van der Waals surface area (Å²) in [6.07, 6.45) is 7.70. The van der Waals surface area contributed by atoms with E-state index in [1.165, 1.54) is 16.7 Å². The Balaban J connectivity index is 1.18. The van der Waals surface area contributed by atoms with Gasteiger partial charge < -0.3 is 19.5 Å². The van der Waals surface area contributed by atoms with Crippen LogP contribution in [0.4, 0.5) is 5.69 Å². The average molecular weight is 702 g/mol. The molecule has 6 rings (SSSR count). The molecule has 1 aliphatic rings. The summed E-state index contributed by atoms with van der Waals surface area (Å²) >= 11 is 6.32. The van der Waals surface area contributed by atoms with Gasteiger partial charge in [-0.15, -0.1) is 0 Å². The molecule has 1 fully saturated rings. The van der Waals surface area contributed by atoms with Crippen LogP contribution in [0.15, 0.2) is 97.7 Å². The SMILES string of the molecule is C=Cc1cc(-c2cc(CN(c3ccc(Cl)cc3)C3CCN(Cc4cccc(-c5cc(CCC)c(OC)c(OC)c5)c4)CC3)ccn2)cc(O)c1C. The van der Waals surface area contributed by atoms with E-state index in [4.69, 9.17) is 21.1 Å². The topological polar surface area (TPSA) is 58.1 Å². The minimum atomic E-state index is 0.248. The van der Waals surface area contributed by atoms with Gasteiger partial charge in [-0.2, -0.15) is 0 Å². The lowest BCUT2D eigenvalue weighted by molar-refractivity contribution is 0.201. The molecule has 51 heavy (non-hydrogen) atoms. The van der Waals surface area contributed by atoms with Crippen LogP contribution >= 0.6 is 11.6 Å². The fourth-order valence-corrected chi connectivity index (χ4v) is 7.36. The number of benzene rings is 4. The van der Waals surface area contributed by atoms with Gasteiger partial charge in [-0.05, 0) is 132 Å². The van der Waals surface area contributed by atoms with Crippen molar-refractivity contribution in [1.29, 1.82) is 0 Å². The number of aryl methyl sites for hydroxylation is 1. The van der Waals surface area contributed by atoms with Gasteiger partial charge in [-0.1, -0.05) is 55.8 Å². The van der Waals surface area contributed by atoms with Gasteiger partial charge in [0.05, 0.1) is 19.9 Å². The lowest BCUT2D eigenvalue weighted by Gasteiger charge is -2.40. The number of rotatable bonds is 13. The molecule has 0 atom stereocenters. The van der Waals surface area contributed by atoms with E-state index in [0.717, 1.165) is 108 Å². The van der Waals surface area contributed by atoms with Crippen molar-refractivity contribution < 1.29 is 14.6 Å². The number of hydrogen-bond acceptors (Lipinski definition) is 6. The highest BCUT2D eigenvalue weighted by Gasteiger charge is 2.26. The molecule has 5 aromatic rings. The van der Waals surface area contributed by atoms with E-state index >= 15 is 0 Å². The molecule has 0 bridgehead atoms. The van der Waals surface area contributed by atoms with E-state index in [1.54, 1.807) is 26.4 Å². The quantitative estimate of drug-likeness (QED) is 0.132. The lowest BCUT2D eigenvalue weighted by Crippen LogP contribution is -2.44. The van der Waals surface area contributed by atoms with Gasteiger partial charge in [0.15, 0.2) is 11.5 Å². The van der Waals surface area contributed by atoms with Crippen LogP contribution < -0.4 is 14.4 Å². The molecule has 2 heterocycles. The summed E-state index contributed by atoms with van der Waals surface area (Å²) in [6, 6.07) is 29.8. The number of methoxy groups -OCH3 is 2. The Bertz CT molecular complexity index is 1970. The highest BCUT2D eigenvalue weighted by Crippen LogP contribution is 2.38. The second kappa shape index (κ2) is 16.5. The second-order valence-electron chi connectivity index (χ2n) is 13.4. The number of nitrogens with zero attached hydrogens (tertiary/aromatic N) is 3. The van der Waals surface area contributed by atoms with E-state index in [-0.39, 0.29) is 5.75 Å². The molecule has 0 unspecified atom stereocenters. The van der Waals surface area contributed by atoms with Crippen LogP contribution in [0, 0.1) is 6.92 Å². The molecule has 0 spiro atoms. The van der Waals surface area contributed by atoms with E-state index in [9.17, 15) is 5.11 Å². The zero-order valence-corrected chi connectivity index (χ0v) is 30.9. The number of aromatic nitrogens is 1. The first-order chi connectivity index (χ1) is 24.8. The number of anilines is 1. The minimum absolute atomic E-state index is 0.248. The summed E-state index contributed by atoms with van der Waals surface area (Å²) in [5.74, 6) is 1.85. The molecular weight excluding hydrogens is 654 g/mol. The number of halogens is 1. The first-order valence-electron chi connectivity index (χ1n) is 17.8. The number of likely N-dealkylation sites (tertiary alicyclic amines) is 1. The Labute approximate surface area is 308 Å². The average Bonchev–Trinajstić information content (AvgIpc) is 3.15. The van der Waals surface area contributed by atoms with Crippen molar-refractivity contribution in [3.63, 3.8) is 0 Å². The summed E-state index contributed by atoms with van der Waals surface area (Å²) in [4.78, 5) is 9.75. The molecular formula is C44H48ClN3O3. The molecule has 7 heteroatoms. The lowest BCUT2D eigenvalue weighted by atomic mass is 9.97. The fraction of sp³-hybridized carbons (Fsp3) is 0.295. The number of piperidine rings is 1. The van der Waals surface area contributed by atoms with Crippen molar-refractivity contribution >= 4 is 23.4 Å². The molecule has 1 N–H and O–H groups in total. The zero-order valence-electron chi connectivity index (χ0n) is 30.2. The summed E-state index contributed by atoms with van der Waals surface area (Å²) in [6.45, 7) is 11.7. The van der Waals surface area contributed by atoms with Gasteiger partial charge in [0, 0.05) is 54.7 Å². The standard InChI is InChI=1S/C44H48ClN3O3/c1-6-9-35-25-36(27-43(50-4)44(35)51-5)34-11-8-10-31(22-34)28-47-20-17-40(18-21-47)48(39-14-12-38(45)13-15-39)29-32-16-19-46-41(23-32)37-24-33(7-2)30(3)42(49)26-37/h7-8,10-16,19,22-27,40,49H,2,6,9,17-18,20-21,28-29H2,1,3-5H3. The number of hydrogen-bond donors (Lipinski definition) is 1. The van der Waals surface area contributed by atoms with Gasteiger partial charge in [0.1, 0.15) is 5.75 Å². The zero-order chi connectivity index (χ0) is 35.9. The third-order valence-corrected chi connectivity index (χ3v) is 10.3. The molecule has 6 nitrogen and oxygen atoms in total. The van der Waals surface area contributed by atoms with E-state index in [1.807, 2.05) is 31.3 Å². The molecule has 264 valence electrons. The molecule has 1 aromatic heterocycles. The van der Waals surface area contributed by atoms with Crippen LogP contribution in [-0.2, 0) is 19.5 Å². The van der Waals surface area contributed by atoms with Crippen molar-refractivity contribution in [2.75, 3.05) is 32.2 Å². The first-order valence-corrected chi connectivity index (χ1v) is 18.2. The van der Waals surface area contributed by atoms with Gasteiger partial charge in [0.25, 0.3) is 0 Å². The molecule has 1 aliphatic heterocycles. The van der Waals surface area contributed by atoms with E-state index < -0.39 is 0 Å². The maximum atomic E-state index is 10.6. The Kier molecular flexibility index (Phi) is 11.7. The van der Waals surface area contributed by atoms with Crippen molar-refractivity contribution in [2.45, 2.75) is 58.7 Å². The number of ether oxygens (including phenoxy) is 2. The van der Waals surface area contributed by atoms with Crippen LogP contribution in [0.3, 0.4) is 0 Å². The first kappa shape index (κ1) is 36.0. The van der Waals surface area contributed by atoms with Gasteiger partial charge >= 0.3 is 0 Å². The highest BCUT2D eigenvalue weighted by molar-refractivity contribution is 6.30. The molecule has 0 amide bonds. The molecule has 0 saturated carbocycles. The summed E-state index contributed by atoms with van der Waals surface area (Å²) < 4.78 is 11.4. The predicted molar refractivity (Wildman–Crippen MR) is 211 cm³/mol. The second-order valence-corrected chi connectivity index (χ2v) is 13.8. The molecule has 4 aromatic carbocycles. The molecule has 0 aliphatic carbocycles. The van der Waals surface area contributed by atoms with Crippen molar-refractivity contribution in [1.82, 2.24) is 9.88 Å². The molecule has 0 radical (unpaired) electrons. The van der Waals surface area contributed by atoms with Crippen molar-refractivity contribution in [3.05, 3.63) is 131 Å². The number of pyridine rings is 1. The van der Waals surface area contributed by atoms with Crippen molar-refractivity contribution in [2.24, 2.45) is 0 Å². The van der Waals surface area contributed by atoms with Gasteiger partial charge in [0.2, 0.25) is 0 Å². The van der Waals surface area contributed by atoms with Crippen LogP contribution in [0.5, 0.6) is 17.2 Å². The van der Waals surface area contributed by atoms with Gasteiger partial charge in [-0.25, -0.2) is 0 Å². The Morgan fingerprint density at radius 3 is 2.41 bits per heavy atom. The van der Waals surface area contributed by atoms with Crippen LogP contribution in [0.2, 0.25) is 5.02 Å². The molecule has 1 saturated heterocycles. The van der Waals surface area contributed by atoms with Crippen LogP contribution in [-0.4, -0.2) is 48.3 Å². The predicted octanol–water partition coefficient (Wildman–Crippen LogP) is 10.4. The third-order valence-electron chi connectivity index (χ3n) is 10.0. The normalized spacial score (nSPS) is 13.6. The summed E-state index contributed by atoms with van der Waals surface area (Å²) in [5, 5.41) is 11.3. The Morgan fingerprint density at radius 1 is 0.922 bits per heavy atom. The highest BCUT2D eigenvalue weighted by atomic mass is 35.5. The Hall–Kier alpha value is -4.78. The summed E-state index contributed by atoms with van der Waals surface area (Å²) in [5.41, 5.74) is 10.5. The smallest absolute Gasteiger partial charge is 0.163 e. The van der Waals surface area contributed by atoms with Crippen LogP contribution in [0.1, 0.15) is 54.0 Å². The monoisotopic (exact) mass is 701 g/mol. The summed E-state index contributed by atoms with van der Waals surface area (Å²) in [7, 11) is 3.42. The van der Waals surface area contributed by atoms with E-state index in [2.05, 4.69) is 89.0 Å². The fourth-order valence-electron chi connectivity index (χ4n) is 7.23. The van der Waals surface area contributed by atoms with E-state index in [0.29, 0.717) is 6.04 Å². The van der Waals surface area contributed by atoms with Gasteiger partial charge in [-0.3, -0.25) is 9.88 Å². The maximum absolute atomic E-state index is 10.6. The number of phenols is 1. The van der Waals surface area contributed by atoms with Crippen molar-refractivity contribution in [3.8, 4) is 39.6 Å². The third kappa shape index (κ3) is 8.41. The van der Waals surface area contributed by atoms with Crippen LogP contribution in [0.25, 0.3) is 28.5 Å². The number of aromatic hydroxyl groups is 1. The Morgan fingerprint density at radius 2 is 1.71 bits per heavy atom.